The first-order valence-electron chi connectivity index (χ1n) is 11.0. The van der Waals surface area contributed by atoms with Crippen LogP contribution in [0.2, 0.25) is 0 Å². The quantitative estimate of drug-likeness (QED) is 0.657. The van der Waals surface area contributed by atoms with Crippen molar-refractivity contribution in [1.82, 2.24) is 15.0 Å². The standard InChI is InChI=1S/C22H30BN5O4/c1-21(2)22(3,4)32-23(31-21)14-12-26-20(27-13-14)28-15-7-9-16(10-8-15)30-19-17(18(24)29)6-5-11-25-19/h5-6,11-13,15-16H,7-10H2,1-4H3,(H2,24,29)(H,26,27,28). The molecule has 0 spiro atoms. The van der Waals surface area contributed by atoms with Crippen LogP contribution in [0.15, 0.2) is 30.7 Å². The first-order valence-corrected chi connectivity index (χ1v) is 11.0. The molecule has 1 aliphatic heterocycles. The zero-order valence-corrected chi connectivity index (χ0v) is 19.0. The normalized spacial score (nSPS) is 24.2. The van der Waals surface area contributed by atoms with Gasteiger partial charge in [-0.25, -0.2) is 15.0 Å². The highest BCUT2D eigenvalue weighted by molar-refractivity contribution is 6.61. The first kappa shape index (κ1) is 22.5. The number of ether oxygens (including phenoxy) is 1. The molecule has 0 bridgehead atoms. The van der Waals surface area contributed by atoms with E-state index in [0.717, 1.165) is 31.1 Å². The number of pyridine rings is 1. The van der Waals surface area contributed by atoms with Crippen molar-refractivity contribution >= 4 is 24.4 Å². The molecule has 10 heteroatoms. The van der Waals surface area contributed by atoms with E-state index in [-0.39, 0.29) is 12.1 Å². The predicted molar refractivity (Wildman–Crippen MR) is 121 cm³/mol. The average molecular weight is 439 g/mol. The van der Waals surface area contributed by atoms with Crippen molar-refractivity contribution in [2.24, 2.45) is 5.73 Å². The van der Waals surface area contributed by atoms with Crippen LogP contribution in [0, 0.1) is 0 Å². The second-order valence-electron chi connectivity index (χ2n) is 9.38. The summed E-state index contributed by atoms with van der Waals surface area (Å²) in [7, 11) is -0.474. The third kappa shape index (κ3) is 4.71. The molecular weight excluding hydrogens is 409 g/mol. The van der Waals surface area contributed by atoms with Crippen molar-refractivity contribution in [3.8, 4) is 5.88 Å². The second kappa shape index (κ2) is 8.67. The fourth-order valence-electron chi connectivity index (χ4n) is 3.85. The molecule has 3 heterocycles. The minimum Gasteiger partial charge on any atom is -0.474 e. The fraction of sp³-hybridized carbons (Fsp3) is 0.545. The Morgan fingerprint density at radius 3 is 2.31 bits per heavy atom. The van der Waals surface area contributed by atoms with Crippen molar-refractivity contribution < 1.29 is 18.8 Å². The number of aromatic nitrogens is 3. The molecule has 2 aromatic heterocycles. The van der Waals surface area contributed by atoms with Gasteiger partial charge in [0.25, 0.3) is 5.91 Å². The smallest absolute Gasteiger partial charge is 0.474 e. The van der Waals surface area contributed by atoms with Crippen LogP contribution >= 0.6 is 0 Å². The zero-order chi connectivity index (χ0) is 22.9. The summed E-state index contributed by atoms with van der Waals surface area (Å²) < 4.78 is 18.1. The molecule has 4 rings (SSSR count). The molecule has 1 amide bonds. The molecule has 2 aromatic rings. The van der Waals surface area contributed by atoms with Crippen LogP contribution in [-0.2, 0) is 9.31 Å². The van der Waals surface area contributed by atoms with Crippen LogP contribution in [0.25, 0.3) is 0 Å². The summed E-state index contributed by atoms with van der Waals surface area (Å²) in [6, 6.07) is 3.55. The molecule has 0 unspecified atom stereocenters. The molecule has 0 atom stereocenters. The summed E-state index contributed by atoms with van der Waals surface area (Å²) in [6.07, 6.45) is 8.54. The van der Waals surface area contributed by atoms with Gasteiger partial charge in [0.1, 0.15) is 11.7 Å². The highest BCUT2D eigenvalue weighted by Crippen LogP contribution is 2.36. The summed E-state index contributed by atoms with van der Waals surface area (Å²) >= 11 is 0. The molecule has 1 aliphatic carbocycles. The highest BCUT2D eigenvalue weighted by atomic mass is 16.7. The Bertz CT molecular complexity index is 945. The topological polar surface area (TPSA) is 121 Å². The lowest BCUT2D eigenvalue weighted by atomic mass is 9.81. The Kier molecular flexibility index (Phi) is 6.09. The van der Waals surface area contributed by atoms with Gasteiger partial charge in [-0.2, -0.15) is 0 Å². The Labute approximate surface area is 188 Å². The number of hydrogen-bond donors (Lipinski definition) is 2. The number of amides is 1. The van der Waals surface area contributed by atoms with E-state index in [9.17, 15) is 4.79 Å². The van der Waals surface area contributed by atoms with Gasteiger partial charge >= 0.3 is 7.12 Å². The molecule has 2 fully saturated rings. The van der Waals surface area contributed by atoms with Crippen molar-refractivity contribution in [1.29, 1.82) is 0 Å². The van der Waals surface area contributed by atoms with Crippen LogP contribution in [-0.4, -0.2) is 51.3 Å². The van der Waals surface area contributed by atoms with Gasteiger partial charge < -0.3 is 25.1 Å². The largest absolute Gasteiger partial charge is 0.498 e. The molecular formula is C22H30BN5O4. The van der Waals surface area contributed by atoms with Crippen molar-refractivity contribution in [3.05, 3.63) is 36.3 Å². The van der Waals surface area contributed by atoms with Gasteiger partial charge in [-0.15, -0.1) is 0 Å². The Morgan fingerprint density at radius 1 is 1.09 bits per heavy atom. The molecule has 170 valence electrons. The number of carbonyl (C=O) groups excluding carboxylic acids is 1. The average Bonchev–Trinajstić information content (AvgIpc) is 2.97. The van der Waals surface area contributed by atoms with E-state index in [1.807, 2.05) is 27.7 Å². The number of nitrogens with one attached hydrogen (secondary N) is 1. The number of nitrogens with zero attached hydrogens (tertiary/aromatic N) is 3. The van der Waals surface area contributed by atoms with E-state index in [0.29, 0.717) is 17.4 Å². The lowest BCUT2D eigenvalue weighted by Crippen LogP contribution is -2.41. The Balaban J connectivity index is 1.29. The highest BCUT2D eigenvalue weighted by Gasteiger charge is 2.52. The molecule has 0 aromatic carbocycles. The summed E-state index contributed by atoms with van der Waals surface area (Å²) in [4.78, 5) is 24.6. The molecule has 1 saturated heterocycles. The molecule has 0 radical (unpaired) electrons. The number of hydrogen-bond acceptors (Lipinski definition) is 8. The maximum Gasteiger partial charge on any atom is 0.498 e. The lowest BCUT2D eigenvalue weighted by molar-refractivity contribution is 0.00578. The zero-order valence-electron chi connectivity index (χ0n) is 19.0. The third-order valence-corrected chi connectivity index (χ3v) is 6.52. The van der Waals surface area contributed by atoms with Gasteiger partial charge in [0.2, 0.25) is 11.8 Å². The van der Waals surface area contributed by atoms with Gasteiger partial charge in [0.15, 0.2) is 0 Å². The van der Waals surface area contributed by atoms with Gasteiger partial charge in [0.05, 0.1) is 11.2 Å². The number of anilines is 1. The number of rotatable bonds is 6. The summed E-state index contributed by atoms with van der Waals surface area (Å²) in [5, 5.41) is 3.40. The molecule has 3 N–H and O–H groups in total. The van der Waals surface area contributed by atoms with Crippen LogP contribution < -0.4 is 21.3 Å². The Hall–Kier alpha value is -2.72. The van der Waals surface area contributed by atoms with E-state index in [1.54, 1.807) is 30.7 Å². The molecule has 9 nitrogen and oxygen atoms in total. The SMILES string of the molecule is CC1(C)OB(c2cnc(NC3CCC(Oc4ncccc4C(N)=O)CC3)nc2)OC1(C)C. The van der Waals surface area contributed by atoms with Crippen LogP contribution in [0.1, 0.15) is 63.7 Å². The summed E-state index contributed by atoms with van der Waals surface area (Å²) in [6.45, 7) is 8.08. The number of primary amides is 1. The Morgan fingerprint density at radius 2 is 1.72 bits per heavy atom. The minimum atomic E-state index is -0.537. The maximum absolute atomic E-state index is 11.6. The van der Waals surface area contributed by atoms with E-state index in [1.165, 1.54) is 0 Å². The van der Waals surface area contributed by atoms with E-state index in [2.05, 4.69) is 20.3 Å². The van der Waals surface area contributed by atoms with Gasteiger partial charge in [0, 0.05) is 30.1 Å². The van der Waals surface area contributed by atoms with Crippen molar-refractivity contribution in [3.63, 3.8) is 0 Å². The summed E-state index contributed by atoms with van der Waals surface area (Å²) in [5.41, 5.74) is 5.71. The van der Waals surface area contributed by atoms with Crippen LogP contribution in [0.5, 0.6) is 5.88 Å². The van der Waals surface area contributed by atoms with Crippen LogP contribution in [0.3, 0.4) is 0 Å². The maximum atomic E-state index is 11.6. The third-order valence-electron chi connectivity index (χ3n) is 6.52. The van der Waals surface area contributed by atoms with E-state index < -0.39 is 24.2 Å². The minimum absolute atomic E-state index is 0.00674. The lowest BCUT2D eigenvalue weighted by Gasteiger charge is -2.32. The van der Waals surface area contributed by atoms with Gasteiger partial charge in [-0.3, -0.25) is 4.79 Å². The molecule has 32 heavy (non-hydrogen) atoms. The molecule has 2 aliphatic rings. The summed E-state index contributed by atoms with van der Waals surface area (Å²) in [5.74, 6) is 0.345. The first-order chi connectivity index (χ1) is 15.1. The van der Waals surface area contributed by atoms with Crippen LogP contribution in [0.4, 0.5) is 5.95 Å². The number of nitrogens with two attached hydrogens (primary N) is 1. The van der Waals surface area contributed by atoms with E-state index >= 15 is 0 Å². The monoisotopic (exact) mass is 439 g/mol. The van der Waals surface area contributed by atoms with Crippen molar-refractivity contribution in [2.45, 2.75) is 76.7 Å². The molecule has 1 saturated carbocycles. The fourth-order valence-corrected chi connectivity index (χ4v) is 3.85. The van der Waals surface area contributed by atoms with Gasteiger partial charge in [-0.05, 0) is 65.5 Å². The van der Waals surface area contributed by atoms with Crippen molar-refractivity contribution in [2.75, 3.05) is 5.32 Å². The second-order valence-corrected chi connectivity index (χ2v) is 9.38. The predicted octanol–water partition coefficient (Wildman–Crippen LogP) is 2.07. The van der Waals surface area contributed by atoms with Gasteiger partial charge in [-0.1, -0.05) is 0 Å². The van der Waals surface area contributed by atoms with E-state index in [4.69, 9.17) is 19.8 Å². The number of carbonyl (C=O) groups is 1.